The number of anilines is 1. The van der Waals surface area contributed by atoms with Crippen molar-refractivity contribution < 1.29 is 4.74 Å². The van der Waals surface area contributed by atoms with E-state index in [0.717, 1.165) is 43.2 Å². The highest BCUT2D eigenvalue weighted by Gasteiger charge is 2.41. The van der Waals surface area contributed by atoms with Crippen molar-refractivity contribution in [3.63, 3.8) is 0 Å². The SMILES string of the molecule is CCc1nc(Cl)c(C)c(NCC2(CCOC)CC2)n1. The first-order valence-electron chi connectivity index (χ1n) is 6.86. The van der Waals surface area contributed by atoms with E-state index in [1.807, 2.05) is 13.8 Å². The normalized spacial score (nSPS) is 16.4. The molecule has 1 aromatic heterocycles. The fourth-order valence-corrected chi connectivity index (χ4v) is 2.33. The van der Waals surface area contributed by atoms with Crippen molar-refractivity contribution in [3.8, 4) is 0 Å². The Morgan fingerprint density at radius 2 is 2.11 bits per heavy atom. The highest BCUT2D eigenvalue weighted by molar-refractivity contribution is 6.30. The molecule has 1 fully saturated rings. The van der Waals surface area contributed by atoms with Crippen molar-refractivity contribution in [1.29, 1.82) is 0 Å². The Morgan fingerprint density at radius 1 is 1.37 bits per heavy atom. The van der Waals surface area contributed by atoms with Crippen LogP contribution in [0.4, 0.5) is 5.82 Å². The maximum Gasteiger partial charge on any atom is 0.137 e. The molecular weight excluding hydrogens is 262 g/mol. The van der Waals surface area contributed by atoms with Crippen molar-refractivity contribution in [2.75, 3.05) is 25.6 Å². The second kappa shape index (κ2) is 6.06. The minimum atomic E-state index is 0.395. The molecule has 2 rings (SSSR count). The zero-order valence-corrected chi connectivity index (χ0v) is 12.7. The molecule has 0 radical (unpaired) electrons. The molecule has 0 saturated heterocycles. The third kappa shape index (κ3) is 3.57. The zero-order chi connectivity index (χ0) is 13.9. The molecular formula is C14H22ClN3O. The van der Waals surface area contributed by atoms with Gasteiger partial charge in [0, 0.05) is 32.2 Å². The van der Waals surface area contributed by atoms with Gasteiger partial charge in [-0.05, 0) is 31.6 Å². The summed E-state index contributed by atoms with van der Waals surface area (Å²) in [4.78, 5) is 8.78. The van der Waals surface area contributed by atoms with Crippen LogP contribution in [-0.4, -0.2) is 30.2 Å². The molecule has 0 aliphatic heterocycles. The summed E-state index contributed by atoms with van der Waals surface area (Å²) in [7, 11) is 1.76. The third-order valence-electron chi connectivity index (χ3n) is 3.87. The number of aromatic nitrogens is 2. The zero-order valence-electron chi connectivity index (χ0n) is 11.9. The van der Waals surface area contributed by atoms with Crippen LogP contribution in [0.25, 0.3) is 0 Å². The van der Waals surface area contributed by atoms with Crippen LogP contribution in [0.2, 0.25) is 5.15 Å². The quantitative estimate of drug-likeness (QED) is 0.781. The van der Waals surface area contributed by atoms with Crippen LogP contribution in [0.5, 0.6) is 0 Å². The van der Waals surface area contributed by atoms with E-state index in [9.17, 15) is 0 Å². The standard InChI is InChI=1S/C14H22ClN3O/c1-4-11-17-12(15)10(2)13(18-11)16-9-14(5-6-14)7-8-19-3/h4-9H2,1-3H3,(H,16,17,18). The van der Waals surface area contributed by atoms with E-state index < -0.39 is 0 Å². The number of rotatable bonds is 7. The van der Waals surface area contributed by atoms with E-state index in [1.165, 1.54) is 12.8 Å². The molecule has 0 atom stereocenters. The first-order valence-corrected chi connectivity index (χ1v) is 7.24. The Kier molecular flexibility index (Phi) is 4.63. The van der Waals surface area contributed by atoms with Gasteiger partial charge in [-0.25, -0.2) is 9.97 Å². The average Bonchev–Trinajstić information content (AvgIpc) is 3.18. The van der Waals surface area contributed by atoms with E-state index >= 15 is 0 Å². The number of hydrogen-bond acceptors (Lipinski definition) is 4. The fourth-order valence-electron chi connectivity index (χ4n) is 2.14. The Morgan fingerprint density at radius 3 is 2.68 bits per heavy atom. The summed E-state index contributed by atoms with van der Waals surface area (Å²) in [5, 5.41) is 4.00. The van der Waals surface area contributed by atoms with Crippen molar-refractivity contribution in [1.82, 2.24) is 9.97 Å². The number of nitrogens with zero attached hydrogens (tertiary/aromatic N) is 2. The first-order chi connectivity index (χ1) is 9.10. The van der Waals surface area contributed by atoms with Crippen molar-refractivity contribution in [3.05, 3.63) is 16.5 Å². The van der Waals surface area contributed by atoms with Crippen LogP contribution in [-0.2, 0) is 11.2 Å². The van der Waals surface area contributed by atoms with Crippen molar-refractivity contribution in [2.24, 2.45) is 5.41 Å². The van der Waals surface area contributed by atoms with Gasteiger partial charge in [-0.3, -0.25) is 0 Å². The first kappa shape index (κ1) is 14.5. The molecule has 5 heteroatoms. The van der Waals surface area contributed by atoms with Gasteiger partial charge in [-0.1, -0.05) is 18.5 Å². The Labute approximate surface area is 119 Å². The monoisotopic (exact) mass is 283 g/mol. The summed E-state index contributed by atoms with van der Waals surface area (Å²) < 4.78 is 5.17. The molecule has 1 aliphatic rings. The summed E-state index contributed by atoms with van der Waals surface area (Å²) in [5.74, 6) is 1.67. The van der Waals surface area contributed by atoms with Gasteiger partial charge >= 0.3 is 0 Å². The molecule has 0 amide bonds. The minimum Gasteiger partial charge on any atom is -0.385 e. The number of halogens is 1. The molecule has 0 spiro atoms. The van der Waals surface area contributed by atoms with Gasteiger partial charge in [0.05, 0.1) is 0 Å². The minimum absolute atomic E-state index is 0.395. The van der Waals surface area contributed by atoms with Gasteiger partial charge in [-0.2, -0.15) is 0 Å². The lowest BCUT2D eigenvalue weighted by molar-refractivity contribution is 0.175. The van der Waals surface area contributed by atoms with E-state index in [4.69, 9.17) is 16.3 Å². The molecule has 0 unspecified atom stereocenters. The second-order valence-electron chi connectivity index (χ2n) is 5.35. The molecule has 106 valence electrons. The van der Waals surface area contributed by atoms with Gasteiger partial charge in [0.1, 0.15) is 16.8 Å². The summed E-state index contributed by atoms with van der Waals surface area (Å²) in [6.07, 6.45) is 4.43. The summed E-state index contributed by atoms with van der Waals surface area (Å²) in [6.45, 7) is 5.75. The predicted octanol–water partition coefficient (Wildman–Crippen LogP) is 3.23. The molecule has 19 heavy (non-hydrogen) atoms. The number of aryl methyl sites for hydroxylation is 1. The van der Waals surface area contributed by atoms with Gasteiger partial charge in [-0.15, -0.1) is 0 Å². The number of ether oxygens (including phenoxy) is 1. The molecule has 1 N–H and O–H groups in total. The van der Waals surface area contributed by atoms with Crippen LogP contribution in [0, 0.1) is 12.3 Å². The van der Waals surface area contributed by atoms with Crippen LogP contribution in [0.3, 0.4) is 0 Å². The van der Waals surface area contributed by atoms with Gasteiger partial charge in [0.25, 0.3) is 0 Å². The van der Waals surface area contributed by atoms with E-state index in [0.29, 0.717) is 10.6 Å². The van der Waals surface area contributed by atoms with Gasteiger partial charge in [0.15, 0.2) is 0 Å². The largest absolute Gasteiger partial charge is 0.385 e. The smallest absolute Gasteiger partial charge is 0.137 e. The number of hydrogen-bond donors (Lipinski definition) is 1. The highest BCUT2D eigenvalue weighted by Crippen LogP contribution is 2.48. The van der Waals surface area contributed by atoms with Crippen molar-refractivity contribution >= 4 is 17.4 Å². The second-order valence-corrected chi connectivity index (χ2v) is 5.71. The molecule has 0 aromatic carbocycles. The molecule has 1 aromatic rings. The molecule has 4 nitrogen and oxygen atoms in total. The number of nitrogens with one attached hydrogen (secondary N) is 1. The third-order valence-corrected chi connectivity index (χ3v) is 4.24. The fraction of sp³-hybridized carbons (Fsp3) is 0.714. The molecule has 1 saturated carbocycles. The van der Waals surface area contributed by atoms with E-state index in [-0.39, 0.29) is 0 Å². The highest BCUT2D eigenvalue weighted by atomic mass is 35.5. The maximum absolute atomic E-state index is 6.14. The number of methoxy groups -OCH3 is 1. The summed E-state index contributed by atoms with van der Waals surface area (Å²) in [5.41, 5.74) is 1.33. The van der Waals surface area contributed by atoms with Crippen LogP contribution >= 0.6 is 11.6 Å². The maximum atomic E-state index is 6.14. The summed E-state index contributed by atoms with van der Waals surface area (Å²) >= 11 is 6.14. The molecule has 0 bridgehead atoms. The lowest BCUT2D eigenvalue weighted by Gasteiger charge is -2.17. The molecule has 1 heterocycles. The average molecular weight is 284 g/mol. The van der Waals surface area contributed by atoms with Gasteiger partial charge in [0.2, 0.25) is 0 Å². The van der Waals surface area contributed by atoms with E-state index in [2.05, 4.69) is 15.3 Å². The predicted molar refractivity (Wildman–Crippen MR) is 77.8 cm³/mol. The topological polar surface area (TPSA) is 47.0 Å². The van der Waals surface area contributed by atoms with Gasteiger partial charge < -0.3 is 10.1 Å². The van der Waals surface area contributed by atoms with E-state index in [1.54, 1.807) is 7.11 Å². The Hall–Kier alpha value is -0.870. The lowest BCUT2D eigenvalue weighted by Crippen LogP contribution is -2.19. The lowest BCUT2D eigenvalue weighted by atomic mass is 10.0. The van der Waals surface area contributed by atoms with Crippen molar-refractivity contribution in [2.45, 2.75) is 39.5 Å². The Bertz CT molecular complexity index is 447. The molecule has 1 aliphatic carbocycles. The van der Waals surface area contributed by atoms with Crippen LogP contribution < -0.4 is 5.32 Å². The summed E-state index contributed by atoms with van der Waals surface area (Å²) in [6, 6.07) is 0. The van der Waals surface area contributed by atoms with Crippen LogP contribution in [0.1, 0.15) is 37.6 Å². The van der Waals surface area contributed by atoms with Crippen LogP contribution in [0.15, 0.2) is 0 Å². The Balaban J connectivity index is 2.01.